The van der Waals surface area contributed by atoms with Crippen molar-refractivity contribution in [3.8, 4) is 5.75 Å². The van der Waals surface area contributed by atoms with Crippen LogP contribution in [0.2, 0.25) is 0 Å². The van der Waals surface area contributed by atoms with Crippen LogP contribution in [0.5, 0.6) is 5.75 Å². The Balaban J connectivity index is 2.00. The molecule has 6 N–H and O–H groups in total. The Hall–Kier alpha value is -3.81. The van der Waals surface area contributed by atoms with Crippen molar-refractivity contribution in [2.24, 2.45) is 5.73 Å². The predicted molar refractivity (Wildman–Crippen MR) is 109 cm³/mol. The number of carbonyl (C=O) groups is 2. The van der Waals surface area contributed by atoms with Crippen molar-refractivity contribution < 1.29 is 14.3 Å². The van der Waals surface area contributed by atoms with Crippen molar-refractivity contribution in [1.29, 1.82) is 0 Å². The van der Waals surface area contributed by atoms with E-state index in [1.54, 1.807) is 12.1 Å². The van der Waals surface area contributed by atoms with E-state index in [1.807, 2.05) is 36.4 Å². The summed E-state index contributed by atoms with van der Waals surface area (Å²) >= 11 is 0. The molecule has 2 aromatic carbocycles. The summed E-state index contributed by atoms with van der Waals surface area (Å²) in [5, 5.41) is 10.4. The number of primary amides is 1. The lowest BCUT2D eigenvalue weighted by molar-refractivity contribution is -0.119. The van der Waals surface area contributed by atoms with Crippen LogP contribution >= 0.6 is 0 Å². The van der Waals surface area contributed by atoms with Crippen molar-refractivity contribution >= 4 is 40.6 Å². The van der Waals surface area contributed by atoms with Gasteiger partial charge in [0, 0.05) is 5.69 Å². The number of hydrogen-bond donors (Lipinski definition) is 4. The van der Waals surface area contributed by atoms with Crippen molar-refractivity contribution in [2.75, 3.05) is 12.8 Å². The quantitative estimate of drug-likeness (QED) is 0.485. The number of anilines is 1. The molecule has 2 amide bonds. The zero-order chi connectivity index (χ0) is 20.3. The minimum absolute atomic E-state index is 0.284. The fourth-order valence-electron chi connectivity index (χ4n) is 2.75. The second kappa shape index (κ2) is 7.83. The van der Waals surface area contributed by atoms with Gasteiger partial charge in [0.15, 0.2) is 0 Å². The van der Waals surface area contributed by atoms with Crippen LogP contribution in [0.15, 0.2) is 36.4 Å². The number of nitrogens with two attached hydrogens (primary N) is 2. The molecule has 8 nitrogen and oxygen atoms in total. The van der Waals surface area contributed by atoms with E-state index >= 15 is 0 Å². The molecule has 8 heteroatoms. The van der Waals surface area contributed by atoms with Gasteiger partial charge in [0.1, 0.15) is 11.8 Å². The highest BCUT2D eigenvalue weighted by Crippen LogP contribution is 2.32. The molecule has 3 rings (SSSR count). The molecule has 3 aromatic rings. The van der Waals surface area contributed by atoms with Crippen molar-refractivity contribution in [3.63, 3.8) is 0 Å². The standard InChI is InChI=1S/C20H21N5O3/c1-11(19(22)26)23-20(27)14-8-10-16-17(18(14)28-2)15(24-25-16)9-5-12-3-6-13(21)7-4-12/h3-11H,21H2,1-2H3,(H2,22,26)(H,23,27)(H,24,25)/b9-5+/t11-/m0/s1. The number of hydrogen-bond acceptors (Lipinski definition) is 5. The van der Waals surface area contributed by atoms with Gasteiger partial charge in [-0.05, 0) is 42.8 Å². The van der Waals surface area contributed by atoms with E-state index in [0.29, 0.717) is 28.0 Å². The molecule has 0 saturated heterocycles. The normalized spacial score (nSPS) is 12.2. The van der Waals surface area contributed by atoms with E-state index < -0.39 is 17.9 Å². The molecule has 0 bridgehead atoms. The summed E-state index contributed by atoms with van der Waals surface area (Å²) in [4.78, 5) is 23.8. The number of ether oxygens (including phenoxy) is 1. The average molecular weight is 379 g/mol. The molecular weight excluding hydrogens is 358 g/mol. The number of methoxy groups -OCH3 is 1. The maximum atomic E-state index is 12.6. The minimum atomic E-state index is -0.804. The third-order valence-electron chi connectivity index (χ3n) is 4.30. The van der Waals surface area contributed by atoms with Gasteiger partial charge in [-0.1, -0.05) is 18.2 Å². The number of H-pyrrole nitrogens is 1. The van der Waals surface area contributed by atoms with Gasteiger partial charge in [-0.15, -0.1) is 0 Å². The fourth-order valence-corrected chi connectivity index (χ4v) is 2.75. The first-order valence-corrected chi connectivity index (χ1v) is 8.59. The van der Waals surface area contributed by atoms with Gasteiger partial charge in [0.25, 0.3) is 5.91 Å². The van der Waals surface area contributed by atoms with Crippen LogP contribution in [-0.4, -0.2) is 35.2 Å². The third-order valence-corrected chi connectivity index (χ3v) is 4.30. The topological polar surface area (TPSA) is 136 Å². The number of nitrogens with one attached hydrogen (secondary N) is 2. The van der Waals surface area contributed by atoms with Crippen LogP contribution in [0.25, 0.3) is 23.1 Å². The largest absolute Gasteiger partial charge is 0.495 e. The first kappa shape index (κ1) is 19.0. The molecular formula is C20H21N5O3. The van der Waals surface area contributed by atoms with Crippen LogP contribution in [0.3, 0.4) is 0 Å². The molecule has 0 fully saturated rings. The summed E-state index contributed by atoms with van der Waals surface area (Å²) in [6, 6.07) is 9.94. The highest BCUT2D eigenvalue weighted by molar-refractivity contribution is 6.06. The van der Waals surface area contributed by atoms with Gasteiger partial charge in [-0.25, -0.2) is 0 Å². The fraction of sp³-hybridized carbons (Fsp3) is 0.150. The molecule has 1 heterocycles. The van der Waals surface area contributed by atoms with E-state index in [2.05, 4.69) is 15.5 Å². The molecule has 1 atom stereocenters. The maximum Gasteiger partial charge on any atom is 0.255 e. The summed E-state index contributed by atoms with van der Waals surface area (Å²) < 4.78 is 5.50. The van der Waals surface area contributed by atoms with Gasteiger partial charge in [-0.3, -0.25) is 14.7 Å². The smallest absolute Gasteiger partial charge is 0.255 e. The molecule has 0 saturated carbocycles. The number of rotatable bonds is 6. The summed E-state index contributed by atoms with van der Waals surface area (Å²) in [5.41, 5.74) is 14.2. The summed E-state index contributed by atoms with van der Waals surface area (Å²) in [7, 11) is 1.48. The zero-order valence-electron chi connectivity index (χ0n) is 15.5. The second-order valence-electron chi connectivity index (χ2n) is 6.28. The van der Waals surface area contributed by atoms with E-state index in [-0.39, 0.29) is 5.56 Å². The van der Waals surface area contributed by atoms with E-state index in [4.69, 9.17) is 16.2 Å². The van der Waals surface area contributed by atoms with Gasteiger partial charge in [-0.2, -0.15) is 5.10 Å². The van der Waals surface area contributed by atoms with Crippen LogP contribution in [0.1, 0.15) is 28.5 Å². The van der Waals surface area contributed by atoms with Gasteiger partial charge in [0.2, 0.25) is 5.91 Å². The van der Waals surface area contributed by atoms with Gasteiger partial charge < -0.3 is 21.5 Å². The Morgan fingerprint density at radius 2 is 1.89 bits per heavy atom. The highest BCUT2D eigenvalue weighted by Gasteiger charge is 2.21. The van der Waals surface area contributed by atoms with Crippen molar-refractivity contribution in [2.45, 2.75) is 13.0 Å². The van der Waals surface area contributed by atoms with E-state index in [9.17, 15) is 9.59 Å². The second-order valence-corrected chi connectivity index (χ2v) is 6.28. The van der Waals surface area contributed by atoms with Crippen LogP contribution in [0, 0.1) is 0 Å². The molecule has 0 unspecified atom stereocenters. The summed E-state index contributed by atoms with van der Waals surface area (Å²) in [6.45, 7) is 1.52. The molecule has 0 radical (unpaired) electrons. The lowest BCUT2D eigenvalue weighted by Crippen LogP contribution is -2.42. The Labute approximate surface area is 161 Å². The van der Waals surface area contributed by atoms with Crippen LogP contribution in [0.4, 0.5) is 5.69 Å². The van der Waals surface area contributed by atoms with E-state index in [0.717, 1.165) is 5.56 Å². The molecule has 28 heavy (non-hydrogen) atoms. The lowest BCUT2D eigenvalue weighted by atomic mass is 10.1. The third kappa shape index (κ3) is 3.80. The Morgan fingerprint density at radius 3 is 2.54 bits per heavy atom. The number of fused-ring (bicyclic) bond motifs is 1. The molecule has 1 aromatic heterocycles. The molecule has 0 aliphatic rings. The Bertz CT molecular complexity index is 1050. The van der Waals surface area contributed by atoms with E-state index in [1.165, 1.54) is 14.0 Å². The number of benzene rings is 2. The maximum absolute atomic E-state index is 12.6. The minimum Gasteiger partial charge on any atom is -0.495 e. The Morgan fingerprint density at radius 1 is 1.18 bits per heavy atom. The Kier molecular flexibility index (Phi) is 5.30. The monoisotopic (exact) mass is 379 g/mol. The zero-order valence-corrected chi connectivity index (χ0v) is 15.5. The number of nitrogens with zero attached hydrogens (tertiary/aromatic N) is 1. The first-order chi connectivity index (χ1) is 13.4. The highest BCUT2D eigenvalue weighted by atomic mass is 16.5. The SMILES string of the molecule is COc1c(C(=O)N[C@@H](C)C(N)=O)ccc2[nH]nc(/C=C/c3ccc(N)cc3)c12. The van der Waals surface area contributed by atoms with Crippen molar-refractivity contribution in [3.05, 3.63) is 53.2 Å². The summed E-state index contributed by atoms with van der Waals surface area (Å²) in [6.07, 6.45) is 3.71. The number of aromatic amines is 1. The average Bonchev–Trinajstić information content (AvgIpc) is 3.09. The predicted octanol–water partition coefficient (Wildman–Crippen LogP) is 1.93. The van der Waals surface area contributed by atoms with Crippen LogP contribution < -0.4 is 21.5 Å². The van der Waals surface area contributed by atoms with Crippen molar-refractivity contribution in [1.82, 2.24) is 15.5 Å². The summed E-state index contributed by atoms with van der Waals surface area (Å²) in [5.74, 6) is -0.721. The molecule has 0 spiro atoms. The van der Waals surface area contributed by atoms with Gasteiger partial charge >= 0.3 is 0 Å². The number of amides is 2. The lowest BCUT2D eigenvalue weighted by Gasteiger charge is -2.13. The molecule has 144 valence electrons. The number of carbonyl (C=O) groups excluding carboxylic acids is 2. The number of aromatic nitrogens is 2. The first-order valence-electron chi connectivity index (χ1n) is 8.59. The van der Waals surface area contributed by atoms with Crippen LogP contribution in [-0.2, 0) is 4.79 Å². The molecule has 0 aliphatic carbocycles. The molecule has 0 aliphatic heterocycles. The number of nitrogen functional groups attached to an aromatic ring is 1. The van der Waals surface area contributed by atoms with Gasteiger partial charge in [0.05, 0.1) is 29.3 Å².